The Hall–Kier alpha value is -4.40. The second-order valence-corrected chi connectivity index (χ2v) is 9.75. The van der Waals surface area contributed by atoms with Gasteiger partial charge in [-0.15, -0.1) is 0 Å². The lowest BCUT2D eigenvalue weighted by atomic mass is 9.87. The number of amides is 2. The van der Waals surface area contributed by atoms with Crippen molar-refractivity contribution in [3.05, 3.63) is 71.5 Å². The van der Waals surface area contributed by atoms with Gasteiger partial charge < -0.3 is 14.6 Å². The first-order chi connectivity index (χ1) is 17.1. The summed E-state index contributed by atoms with van der Waals surface area (Å²) < 4.78 is 8.73. The third-order valence-electron chi connectivity index (χ3n) is 5.94. The van der Waals surface area contributed by atoms with Crippen molar-refractivity contribution in [3.8, 4) is 11.3 Å². The predicted molar refractivity (Wildman–Crippen MR) is 136 cm³/mol. The number of ether oxygens (including phenoxy) is 1. The quantitative estimate of drug-likeness (QED) is 0.385. The smallest absolute Gasteiger partial charge is 0.412 e. The number of fused-ring (bicyclic) bond motifs is 2. The van der Waals surface area contributed by atoms with Gasteiger partial charge in [-0.25, -0.2) is 4.79 Å². The molecular formula is C27H27N5O4. The van der Waals surface area contributed by atoms with E-state index in [1.807, 2.05) is 47.1 Å². The Balaban J connectivity index is 1.30. The van der Waals surface area contributed by atoms with E-state index in [0.29, 0.717) is 35.6 Å². The zero-order valence-electron chi connectivity index (χ0n) is 20.6. The van der Waals surface area contributed by atoms with Crippen LogP contribution in [-0.2, 0) is 18.3 Å². The SMILES string of the molecule is Cn1cc(NC(=O)OC(C)(C)C)cc1C(=O)NCCn1nc2c3c(cccc31)C(=O)c1ccccc1-2. The number of anilines is 1. The molecule has 4 aromatic rings. The fourth-order valence-corrected chi connectivity index (χ4v) is 4.46. The number of carbonyl (C=O) groups is 3. The fourth-order valence-electron chi connectivity index (χ4n) is 4.46. The molecule has 0 aliphatic heterocycles. The molecule has 0 saturated heterocycles. The zero-order valence-corrected chi connectivity index (χ0v) is 20.6. The van der Waals surface area contributed by atoms with Crippen LogP contribution in [0, 0.1) is 0 Å². The molecule has 5 rings (SSSR count). The third kappa shape index (κ3) is 4.24. The highest BCUT2D eigenvalue weighted by Gasteiger charge is 2.28. The van der Waals surface area contributed by atoms with E-state index in [9.17, 15) is 14.4 Å². The summed E-state index contributed by atoms with van der Waals surface area (Å²) in [4.78, 5) is 37.9. The Morgan fingerprint density at radius 1 is 1.03 bits per heavy atom. The molecule has 2 aromatic heterocycles. The summed E-state index contributed by atoms with van der Waals surface area (Å²) >= 11 is 0. The van der Waals surface area contributed by atoms with Gasteiger partial charge in [0.1, 0.15) is 17.0 Å². The minimum absolute atomic E-state index is 0.00365. The van der Waals surface area contributed by atoms with Crippen molar-refractivity contribution in [1.82, 2.24) is 19.7 Å². The molecule has 9 heteroatoms. The van der Waals surface area contributed by atoms with Crippen LogP contribution in [0.3, 0.4) is 0 Å². The molecule has 2 amide bonds. The molecule has 0 saturated carbocycles. The van der Waals surface area contributed by atoms with Crippen LogP contribution < -0.4 is 10.6 Å². The maximum Gasteiger partial charge on any atom is 0.412 e. The zero-order chi connectivity index (χ0) is 25.6. The number of aryl methyl sites for hydroxylation is 1. The summed E-state index contributed by atoms with van der Waals surface area (Å²) in [5.74, 6) is -0.284. The van der Waals surface area contributed by atoms with Crippen LogP contribution in [0.5, 0.6) is 0 Å². The maximum atomic E-state index is 13.0. The number of ketones is 1. The highest BCUT2D eigenvalue weighted by molar-refractivity contribution is 6.25. The molecule has 2 heterocycles. The van der Waals surface area contributed by atoms with Gasteiger partial charge in [0.25, 0.3) is 5.91 Å². The standard InChI is InChI=1S/C27H27N5O4/c1-27(2,3)36-26(35)29-16-14-21(31(4)15-16)25(34)28-12-13-32-20-11-7-10-19-22(20)23(30-32)17-8-5-6-9-18(17)24(19)33/h5-11,14-15H,12-13H2,1-4H3,(H,28,34)(H,29,35). The van der Waals surface area contributed by atoms with Crippen LogP contribution >= 0.6 is 0 Å². The van der Waals surface area contributed by atoms with Gasteiger partial charge in [0, 0.05) is 41.9 Å². The van der Waals surface area contributed by atoms with Gasteiger partial charge in [-0.05, 0) is 32.9 Å². The molecule has 36 heavy (non-hydrogen) atoms. The summed E-state index contributed by atoms with van der Waals surface area (Å²) in [6.45, 7) is 6.10. The van der Waals surface area contributed by atoms with Crippen molar-refractivity contribution in [3.63, 3.8) is 0 Å². The van der Waals surface area contributed by atoms with Gasteiger partial charge in [0.15, 0.2) is 5.78 Å². The highest BCUT2D eigenvalue weighted by Crippen LogP contribution is 2.38. The summed E-state index contributed by atoms with van der Waals surface area (Å²) in [5.41, 5.74) is 3.99. The van der Waals surface area contributed by atoms with Crippen LogP contribution in [0.25, 0.3) is 22.2 Å². The maximum absolute atomic E-state index is 13.0. The van der Waals surface area contributed by atoms with E-state index in [4.69, 9.17) is 9.84 Å². The number of nitrogens with zero attached hydrogens (tertiary/aromatic N) is 3. The Labute approximate surface area is 208 Å². The van der Waals surface area contributed by atoms with Crippen molar-refractivity contribution < 1.29 is 19.1 Å². The number of rotatable bonds is 5. The number of carbonyl (C=O) groups excluding carboxylic acids is 3. The second kappa shape index (κ2) is 8.67. The van der Waals surface area contributed by atoms with E-state index in [0.717, 1.165) is 22.2 Å². The first-order valence-electron chi connectivity index (χ1n) is 11.7. The molecule has 2 N–H and O–H groups in total. The fraction of sp³-hybridized carbons (Fsp3) is 0.259. The van der Waals surface area contributed by atoms with Crippen molar-refractivity contribution in [2.24, 2.45) is 7.05 Å². The number of benzene rings is 2. The van der Waals surface area contributed by atoms with Crippen LogP contribution in [0.15, 0.2) is 54.7 Å². The first-order valence-corrected chi connectivity index (χ1v) is 11.7. The second-order valence-electron chi connectivity index (χ2n) is 9.75. The molecule has 9 nitrogen and oxygen atoms in total. The minimum atomic E-state index is -0.620. The van der Waals surface area contributed by atoms with Crippen molar-refractivity contribution in [2.75, 3.05) is 11.9 Å². The largest absolute Gasteiger partial charge is 0.444 e. The van der Waals surface area contributed by atoms with Crippen LogP contribution in [0.4, 0.5) is 10.5 Å². The molecule has 184 valence electrons. The highest BCUT2D eigenvalue weighted by atomic mass is 16.6. The lowest BCUT2D eigenvalue weighted by Crippen LogP contribution is -2.29. The minimum Gasteiger partial charge on any atom is -0.444 e. The molecule has 0 atom stereocenters. The van der Waals surface area contributed by atoms with E-state index in [1.54, 1.807) is 44.6 Å². The molecule has 1 aliphatic carbocycles. The van der Waals surface area contributed by atoms with Gasteiger partial charge in [-0.3, -0.25) is 19.6 Å². The Morgan fingerprint density at radius 2 is 1.75 bits per heavy atom. The average molecular weight is 486 g/mol. The molecule has 0 radical (unpaired) electrons. The number of nitrogens with one attached hydrogen (secondary N) is 2. The van der Waals surface area contributed by atoms with E-state index in [1.165, 1.54) is 0 Å². The molecule has 0 fully saturated rings. The van der Waals surface area contributed by atoms with E-state index in [-0.39, 0.29) is 11.7 Å². The van der Waals surface area contributed by atoms with Crippen molar-refractivity contribution >= 4 is 34.4 Å². The summed E-state index contributed by atoms with van der Waals surface area (Å²) in [5, 5.41) is 11.2. The van der Waals surface area contributed by atoms with Gasteiger partial charge in [-0.1, -0.05) is 36.4 Å². The third-order valence-corrected chi connectivity index (χ3v) is 5.94. The first kappa shape index (κ1) is 23.3. The molecule has 0 bridgehead atoms. The van der Waals surface area contributed by atoms with E-state index >= 15 is 0 Å². The predicted octanol–water partition coefficient (Wildman–Crippen LogP) is 4.36. The summed E-state index contributed by atoms with van der Waals surface area (Å²) in [6.07, 6.45) is 1.07. The monoisotopic (exact) mass is 485 g/mol. The topological polar surface area (TPSA) is 107 Å². The lowest BCUT2D eigenvalue weighted by molar-refractivity contribution is 0.0635. The van der Waals surface area contributed by atoms with Gasteiger partial charge in [0.2, 0.25) is 0 Å². The molecule has 0 unspecified atom stereocenters. The van der Waals surface area contributed by atoms with Crippen LogP contribution in [0.2, 0.25) is 0 Å². The van der Waals surface area contributed by atoms with E-state index < -0.39 is 11.7 Å². The van der Waals surface area contributed by atoms with Crippen LogP contribution in [-0.4, -0.2) is 44.3 Å². The van der Waals surface area contributed by atoms with E-state index in [2.05, 4.69) is 10.6 Å². The van der Waals surface area contributed by atoms with Crippen molar-refractivity contribution in [2.45, 2.75) is 32.9 Å². The van der Waals surface area contributed by atoms with Gasteiger partial charge in [-0.2, -0.15) is 5.10 Å². The summed E-state index contributed by atoms with van der Waals surface area (Å²) in [6, 6.07) is 14.7. The average Bonchev–Trinajstić information content (AvgIpc) is 3.37. The Kier molecular flexibility index (Phi) is 5.62. The Morgan fingerprint density at radius 3 is 2.50 bits per heavy atom. The summed E-state index contributed by atoms with van der Waals surface area (Å²) in [7, 11) is 1.73. The number of hydrogen-bond donors (Lipinski definition) is 2. The number of hydrogen-bond acceptors (Lipinski definition) is 5. The molecule has 1 aliphatic rings. The van der Waals surface area contributed by atoms with Crippen LogP contribution in [0.1, 0.15) is 47.2 Å². The lowest BCUT2D eigenvalue weighted by Gasteiger charge is -2.19. The Bertz CT molecular complexity index is 1520. The van der Waals surface area contributed by atoms with Gasteiger partial charge in [0.05, 0.1) is 17.7 Å². The molecule has 0 spiro atoms. The molecule has 2 aromatic carbocycles. The van der Waals surface area contributed by atoms with Gasteiger partial charge >= 0.3 is 6.09 Å². The van der Waals surface area contributed by atoms with Crippen molar-refractivity contribution in [1.29, 1.82) is 0 Å². The number of aromatic nitrogens is 3. The normalized spacial score (nSPS) is 12.4. The molecular weight excluding hydrogens is 458 g/mol.